The fraction of sp³-hybridized carbons (Fsp3) is 1.00. The Morgan fingerprint density at radius 2 is 1.44 bits per heavy atom. The third kappa shape index (κ3) is 4.81. The van der Waals surface area contributed by atoms with Crippen molar-refractivity contribution < 1.29 is 14.2 Å². The third-order valence-electron chi connectivity index (χ3n) is 2.98. The molecule has 0 bridgehead atoms. The average Bonchev–Trinajstić information content (AvgIpc) is 2.31. The first-order valence-corrected chi connectivity index (χ1v) is 6.68. The summed E-state index contributed by atoms with van der Waals surface area (Å²) < 4.78 is 17.3. The molecule has 0 atom stereocenters. The minimum Gasteiger partial charge on any atom is -0.381 e. The number of unbranched alkanes of at least 4 members (excludes halogenated alkanes) is 2. The fourth-order valence-electron chi connectivity index (χ4n) is 1.82. The van der Waals surface area contributed by atoms with Gasteiger partial charge >= 0.3 is 0 Å². The third-order valence-corrected chi connectivity index (χ3v) is 2.98. The molecule has 1 fully saturated rings. The highest BCUT2D eigenvalue weighted by molar-refractivity contribution is 4.74. The Morgan fingerprint density at radius 1 is 0.938 bits per heavy atom. The van der Waals surface area contributed by atoms with Crippen LogP contribution in [-0.4, -0.2) is 32.2 Å². The van der Waals surface area contributed by atoms with E-state index < -0.39 is 0 Å². The van der Waals surface area contributed by atoms with Gasteiger partial charge in [-0.2, -0.15) is 0 Å². The van der Waals surface area contributed by atoms with Crippen LogP contribution in [0, 0.1) is 0 Å². The maximum Gasteiger partial charge on any atom is 0.172 e. The van der Waals surface area contributed by atoms with E-state index in [4.69, 9.17) is 14.2 Å². The topological polar surface area (TPSA) is 27.7 Å². The Morgan fingerprint density at radius 3 is 1.88 bits per heavy atom. The quantitative estimate of drug-likeness (QED) is 0.473. The van der Waals surface area contributed by atoms with Crippen molar-refractivity contribution in [1.29, 1.82) is 0 Å². The maximum absolute atomic E-state index is 5.96. The van der Waals surface area contributed by atoms with Crippen LogP contribution in [0.15, 0.2) is 0 Å². The van der Waals surface area contributed by atoms with E-state index in [0.29, 0.717) is 0 Å². The Kier molecular flexibility index (Phi) is 7.01. The van der Waals surface area contributed by atoms with E-state index in [1.807, 2.05) is 0 Å². The van der Waals surface area contributed by atoms with E-state index in [2.05, 4.69) is 13.8 Å². The van der Waals surface area contributed by atoms with Gasteiger partial charge < -0.3 is 14.2 Å². The SMILES string of the molecule is CCCCOC1(OCCCC)CCOCC1. The van der Waals surface area contributed by atoms with Gasteiger partial charge in [0.05, 0.1) is 26.4 Å². The lowest BCUT2D eigenvalue weighted by molar-refractivity contribution is -0.269. The predicted molar refractivity (Wildman–Crippen MR) is 64.5 cm³/mol. The lowest BCUT2D eigenvalue weighted by Crippen LogP contribution is -2.42. The van der Waals surface area contributed by atoms with Crippen molar-refractivity contribution in [1.82, 2.24) is 0 Å². The minimum absolute atomic E-state index is 0.345. The van der Waals surface area contributed by atoms with E-state index in [1.54, 1.807) is 0 Å². The zero-order chi connectivity index (χ0) is 11.7. The lowest BCUT2D eigenvalue weighted by atomic mass is 10.1. The summed E-state index contributed by atoms with van der Waals surface area (Å²) in [6.07, 6.45) is 6.31. The molecule has 3 heteroatoms. The highest BCUT2D eigenvalue weighted by atomic mass is 16.7. The first kappa shape index (κ1) is 13.9. The van der Waals surface area contributed by atoms with Crippen molar-refractivity contribution in [2.24, 2.45) is 0 Å². The zero-order valence-corrected chi connectivity index (χ0v) is 10.8. The second-order valence-electron chi connectivity index (χ2n) is 4.43. The number of ether oxygens (including phenoxy) is 3. The Hall–Kier alpha value is -0.120. The lowest BCUT2D eigenvalue weighted by Gasteiger charge is -2.37. The molecule has 16 heavy (non-hydrogen) atoms. The summed E-state index contributed by atoms with van der Waals surface area (Å²) in [4.78, 5) is 0. The average molecular weight is 230 g/mol. The number of rotatable bonds is 8. The molecule has 0 unspecified atom stereocenters. The van der Waals surface area contributed by atoms with Gasteiger partial charge in [0, 0.05) is 12.8 Å². The highest BCUT2D eigenvalue weighted by Crippen LogP contribution is 2.27. The van der Waals surface area contributed by atoms with Gasteiger partial charge in [0.1, 0.15) is 0 Å². The fourth-order valence-corrected chi connectivity index (χ4v) is 1.82. The summed E-state index contributed by atoms with van der Waals surface area (Å²) in [5.41, 5.74) is 0. The van der Waals surface area contributed by atoms with Gasteiger partial charge in [-0.05, 0) is 12.8 Å². The van der Waals surface area contributed by atoms with Crippen LogP contribution >= 0.6 is 0 Å². The zero-order valence-electron chi connectivity index (χ0n) is 10.8. The van der Waals surface area contributed by atoms with Gasteiger partial charge in [-0.25, -0.2) is 0 Å². The van der Waals surface area contributed by atoms with Crippen LogP contribution in [0.2, 0.25) is 0 Å². The predicted octanol–water partition coefficient (Wildman–Crippen LogP) is 3.13. The van der Waals surface area contributed by atoms with E-state index in [-0.39, 0.29) is 5.79 Å². The van der Waals surface area contributed by atoms with E-state index in [9.17, 15) is 0 Å². The van der Waals surface area contributed by atoms with Crippen molar-refractivity contribution in [2.45, 2.75) is 58.2 Å². The first-order valence-electron chi connectivity index (χ1n) is 6.68. The van der Waals surface area contributed by atoms with Crippen LogP contribution in [0.25, 0.3) is 0 Å². The molecule has 0 aromatic carbocycles. The molecule has 0 saturated carbocycles. The summed E-state index contributed by atoms with van der Waals surface area (Å²) in [5.74, 6) is -0.345. The van der Waals surface area contributed by atoms with Gasteiger partial charge in [-0.15, -0.1) is 0 Å². The largest absolute Gasteiger partial charge is 0.381 e. The molecule has 0 spiro atoms. The summed E-state index contributed by atoms with van der Waals surface area (Å²) in [7, 11) is 0. The van der Waals surface area contributed by atoms with Gasteiger partial charge in [0.2, 0.25) is 0 Å². The van der Waals surface area contributed by atoms with Crippen LogP contribution in [-0.2, 0) is 14.2 Å². The molecular formula is C13H26O3. The van der Waals surface area contributed by atoms with E-state index in [1.165, 1.54) is 12.8 Å². The van der Waals surface area contributed by atoms with Gasteiger partial charge in [-0.3, -0.25) is 0 Å². The Bertz CT molecular complexity index is 153. The molecule has 1 heterocycles. The smallest absolute Gasteiger partial charge is 0.172 e. The summed E-state index contributed by atoms with van der Waals surface area (Å²) >= 11 is 0. The summed E-state index contributed by atoms with van der Waals surface area (Å²) in [5, 5.41) is 0. The van der Waals surface area contributed by atoms with Crippen LogP contribution < -0.4 is 0 Å². The molecule has 0 aliphatic carbocycles. The summed E-state index contributed by atoms with van der Waals surface area (Å²) in [6.45, 7) is 7.50. The molecule has 1 aliphatic rings. The van der Waals surface area contributed by atoms with Crippen molar-refractivity contribution in [3.63, 3.8) is 0 Å². The molecule has 1 saturated heterocycles. The first-order chi connectivity index (χ1) is 7.83. The number of hydrogen-bond donors (Lipinski definition) is 0. The van der Waals surface area contributed by atoms with Gasteiger partial charge in [0.25, 0.3) is 0 Å². The van der Waals surface area contributed by atoms with Crippen molar-refractivity contribution in [3.8, 4) is 0 Å². The Balaban J connectivity index is 2.33. The van der Waals surface area contributed by atoms with Crippen LogP contribution in [0.1, 0.15) is 52.4 Å². The standard InChI is InChI=1S/C13H26O3/c1-3-5-9-15-13(16-10-6-4-2)7-11-14-12-8-13/h3-12H2,1-2H3. The van der Waals surface area contributed by atoms with Gasteiger partial charge in [-0.1, -0.05) is 26.7 Å². The maximum atomic E-state index is 5.96. The van der Waals surface area contributed by atoms with Crippen molar-refractivity contribution in [2.75, 3.05) is 26.4 Å². The Labute approximate surface area is 99.5 Å². The molecule has 1 rings (SSSR count). The highest BCUT2D eigenvalue weighted by Gasteiger charge is 2.34. The van der Waals surface area contributed by atoms with Crippen LogP contribution in [0.3, 0.4) is 0 Å². The monoisotopic (exact) mass is 230 g/mol. The van der Waals surface area contributed by atoms with Crippen molar-refractivity contribution in [3.05, 3.63) is 0 Å². The van der Waals surface area contributed by atoms with E-state index in [0.717, 1.165) is 52.1 Å². The van der Waals surface area contributed by atoms with Crippen molar-refractivity contribution >= 4 is 0 Å². The molecule has 1 aliphatic heterocycles. The van der Waals surface area contributed by atoms with E-state index >= 15 is 0 Å². The molecule has 0 radical (unpaired) electrons. The summed E-state index contributed by atoms with van der Waals surface area (Å²) in [6, 6.07) is 0. The molecule has 0 aromatic heterocycles. The normalized spacial score (nSPS) is 19.9. The molecule has 3 nitrogen and oxygen atoms in total. The number of hydrogen-bond acceptors (Lipinski definition) is 3. The molecular weight excluding hydrogens is 204 g/mol. The second-order valence-corrected chi connectivity index (χ2v) is 4.43. The minimum atomic E-state index is -0.345. The van der Waals surface area contributed by atoms with Crippen LogP contribution in [0.4, 0.5) is 0 Å². The van der Waals surface area contributed by atoms with Gasteiger partial charge in [0.15, 0.2) is 5.79 Å². The molecule has 96 valence electrons. The molecule has 0 amide bonds. The second kappa shape index (κ2) is 8.04. The van der Waals surface area contributed by atoms with Crippen LogP contribution in [0.5, 0.6) is 0 Å². The molecule has 0 aromatic rings. The molecule has 0 N–H and O–H groups in total.